The standard InChI is InChI=1S/C9H17NS/c1-10-6-2-5-9-8(10)4-3-7-11-9/h8-9H,2-7H2,1H3. The summed E-state index contributed by atoms with van der Waals surface area (Å²) in [6, 6.07) is 0.919. The van der Waals surface area contributed by atoms with Gasteiger partial charge in [-0.25, -0.2) is 0 Å². The van der Waals surface area contributed by atoms with Crippen LogP contribution in [0.1, 0.15) is 25.7 Å². The van der Waals surface area contributed by atoms with E-state index in [1.54, 1.807) is 0 Å². The van der Waals surface area contributed by atoms with Crippen molar-refractivity contribution in [1.29, 1.82) is 0 Å². The number of hydrogen-bond acceptors (Lipinski definition) is 2. The summed E-state index contributed by atoms with van der Waals surface area (Å²) >= 11 is 2.21. The van der Waals surface area contributed by atoms with E-state index in [4.69, 9.17) is 0 Å². The Morgan fingerprint density at radius 3 is 3.00 bits per heavy atom. The van der Waals surface area contributed by atoms with Crippen LogP contribution in [0.25, 0.3) is 0 Å². The molecule has 0 amide bonds. The number of rotatable bonds is 0. The molecule has 0 spiro atoms. The van der Waals surface area contributed by atoms with Crippen LogP contribution >= 0.6 is 11.8 Å². The second kappa shape index (κ2) is 3.36. The monoisotopic (exact) mass is 171 g/mol. The second-order valence-corrected chi connectivity index (χ2v) is 5.09. The van der Waals surface area contributed by atoms with Crippen LogP contribution in [0.4, 0.5) is 0 Å². The van der Waals surface area contributed by atoms with Crippen LogP contribution in [0.5, 0.6) is 0 Å². The SMILES string of the molecule is CN1CCCC2SCCCC21. The summed E-state index contributed by atoms with van der Waals surface area (Å²) in [7, 11) is 2.29. The third-order valence-electron chi connectivity index (χ3n) is 2.97. The van der Waals surface area contributed by atoms with E-state index in [1.165, 1.54) is 38.0 Å². The minimum absolute atomic E-state index is 0.919. The Balaban J connectivity index is 1.99. The minimum atomic E-state index is 0.919. The van der Waals surface area contributed by atoms with Crippen LogP contribution in [-0.4, -0.2) is 35.5 Å². The third kappa shape index (κ3) is 1.57. The molecule has 2 atom stereocenters. The van der Waals surface area contributed by atoms with E-state index in [0.29, 0.717) is 0 Å². The fourth-order valence-corrected chi connectivity index (χ4v) is 3.85. The summed E-state index contributed by atoms with van der Waals surface area (Å²) < 4.78 is 0. The fraction of sp³-hybridized carbons (Fsp3) is 1.00. The van der Waals surface area contributed by atoms with Gasteiger partial charge in [-0.2, -0.15) is 11.8 Å². The van der Waals surface area contributed by atoms with Gasteiger partial charge in [0.15, 0.2) is 0 Å². The van der Waals surface area contributed by atoms with Crippen LogP contribution in [-0.2, 0) is 0 Å². The van der Waals surface area contributed by atoms with Crippen molar-refractivity contribution in [2.24, 2.45) is 0 Å². The molecule has 11 heavy (non-hydrogen) atoms. The Kier molecular flexibility index (Phi) is 2.42. The highest BCUT2D eigenvalue weighted by Gasteiger charge is 2.31. The fourth-order valence-electron chi connectivity index (χ4n) is 2.31. The summed E-state index contributed by atoms with van der Waals surface area (Å²) in [5, 5.41) is 0.975. The molecule has 0 radical (unpaired) electrons. The Hall–Kier alpha value is 0.310. The molecule has 0 aliphatic carbocycles. The average Bonchev–Trinajstić information content (AvgIpc) is 2.06. The van der Waals surface area contributed by atoms with Crippen molar-refractivity contribution in [3.8, 4) is 0 Å². The Labute approximate surface area is 73.5 Å². The van der Waals surface area contributed by atoms with Crippen molar-refractivity contribution in [2.45, 2.75) is 37.0 Å². The molecular formula is C9H17NS. The van der Waals surface area contributed by atoms with Gasteiger partial charge in [-0.3, -0.25) is 0 Å². The predicted molar refractivity (Wildman–Crippen MR) is 51.1 cm³/mol. The van der Waals surface area contributed by atoms with Crippen LogP contribution in [0.3, 0.4) is 0 Å². The Morgan fingerprint density at radius 2 is 2.18 bits per heavy atom. The number of fused-ring (bicyclic) bond motifs is 1. The average molecular weight is 171 g/mol. The van der Waals surface area contributed by atoms with Gasteiger partial charge in [0.1, 0.15) is 0 Å². The molecule has 0 N–H and O–H groups in total. The van der Waals surface area contributed by atoms with Crippen molar-refractivity contribution in [3.63, 3.8) is 0 Å². The predicted octanol–water partition coefficient (Wildman–Crippen LogP) is 1.98. The lowest BCUT2D eigenvalue weighted by molar-refractivity contribution is 0.178. The minimum Gasteiger partial charge on any atom is -0.302 e. The van der Waals surface area contributed by atoms with Crippen LogP contribution in [0, 0.1) is 0 Å². The Morgan fingerprint density at radius 1 is 1.27 bits per heavy atom. The van der Waals surface area contributed by atoms with E-state index in [2.05, 4.69) is 23.7 Å². The van der Waals surface area contributed by atoms with E-state index in [0.717, 1.165) is 11.3 Å². The maximum atomic E-state index is 2.57. The molecule has 64 valence electrons. The Bertz CT molecular complexity index is 136. The number of nitrogens with zero attached hydrogens (tertiary/aromatic N) is 1. The maximum Gasteiger partial charge on any atom is 0.0211 e. The number of likely N-dealkylation sites (tertiary alicyclic amines) is 1. The lowest BCUT2D eigenvalue weighted by Crippen LogP contribution is -2.46. The van der Waals surface area contributed by atoms with Crippen LogP contribution in [0.15, 0.2) is 0 Å². The molecular weight excluding hydrogens is 154 g/mol. The highest BCUT2D eigenvalue weighted by atomic mass is 32.2. The first-order valence-corrected chi connectivity index (χ1v) is 5.74. The first-order valence-electron chi connectivity index (χ1n) is 4.70. The molecule has 0 aromatic carbocycles. The molecule has 0 aromatic rings. The molecule has 2 heteroatoms. The van der Waals surface area contributed by atoms with E-state index < -0.39 is 0 Å². The van der Waals surface area contributed by atoms with Crippen molar-refractivity contribution in [3.05, 3.63) is 0 Å². The lowest BCUT2D eigenvalue weighted by atomic mass is 9.98. The smallest absolute Gasteiger partial charge is 0.0211 e. The van der Waals surface area contributed by atoms with Crippen molar-refractivity contribution < 1.29 is 0 Å². The molecule has 2 rings (SSSR count). The highest BCUT2D eigenvalue weighted by molar-refractivity contribution is 8.00. The van der Waals surface area contributed by atoms with E-state index in [1.807, 2.05) is 0 Å². The molecule has 2 fully saturated rings. The molecule has 2 aliphatic rings. The van der Waals surface area contributed by atoms with Gasteiger partial charge >= 0.3 is 0 Å². The quantitative estimate of drug-likeness (QED) is 0.548. The zero-order valence-electron chi connectivity index (χ0n) is 7.25. The molecule has 2 heterocycles. The van der Waals surface area contributed by atoms with E-state index >= 15 is 0 Å². The molecule has 2 unspecified atom stereocenters. The summed E-state index contributed by atoms with van der Waals surface area (Å²) in [5.41, 5.74) is 0. The summed E-state index contributed by atoms with van der Waals surface area (Å²) in [5.74, 6) is 1.41. The summed E-state index contributed by atoms with van der Waals surface area (Å²) in [6.07, 6.45) is 5.79. The van der Waals surface area contributed by atoms with Gasteiger partial charge in [-0.1, -0.05) is 0 Å². The van der Waals surface area contributed by atoms with Crippen molar-refractivity contribution >= 4 is 11.8 Å². The van der Waals surface area contributed by atoms with Gasteiger partial charge < -0.3 is 4.90 Å². The summed E-state index contributed by atoms with van der Waals surface area (Å²) in [4.78, 5) is 2.57. The largest absolute Gasteiger partial charge is 0.302 e. The first-order chi connectivity index (χ1) is 5.38. The topological polar surface area (TPSA) is 3.24 Å². The molecule has 2 aliphatic heterocycles. The van der Waals surface area contributed by atoms with Crippen molar-refractivity contribution in [2.75, 3.05) is 19.3 Å². The van der Waals surface area contributed by atoms with E-state index in [-0.39, 0.29) is 0 Å². The van der Waals surface area contributed by atoms with Crippen LogP contribution < -0.4 is 0 Å². The molecule has 0 aromatic heterocycles. The van der Waals surface area contributed by atoms with Gasteiger partial charge in [0.2, 0.25) is 0 Å². The van der Waals surface area contributed by atoms with Gasteiger partial charge in [-0.15, -0.1) is 0 Å². The van der Waals surface area contributed by atoms with Gasteiger partial charge in [0.05, 0.1) is 0 Å². The molecule has 2 saturated heterocycles. The van der Waals surface area contributed by atoms with Gasteiger partial charge in [-0.05, 0) is 45.0 Å². The van der Waals surface area contributed by atoms with E-state index in [9.17, 15) is 0 Å². The first kappa shape index (κ1) is 7.93. The number of hydrogen-bond donors (Lipinski definition) is 0. The van der Waals surface area contributed by atoms with Gasteiger partial charge in [0.25, 0.3) is 0 Å². The summed E-state index contributed by atoms with van der Waals surface area (Å²) in [6.45, 7) is 1.34. The lowest BCUT2D eigenvalue weighted by Gasteiger charge is -2.41. The van der Waals surface area contributed by atoms with Crippen molar-refractivity contribution in [1.82, 2.24) is 4.90 Å². The molecule has 1 nitrogen and oxygen atoms in total. The normalized spacial score (nSPS) is 40.1. The molecule has 0 bridgehead atoms. The molecule has 0 saturated carbocycles. The number of thioether (sulfide) groups is 1. The zero-order chi connectivity index (χ0) is 7.68. The van der Waals surface area contributed by atoms with Crippen LogP contribution in [0.2, 0.25) is 0 Å². The zero-order valence-corrected chi connectivity index (χ0v) is 8.07. The number of piperidine rings is 1. The highest BCUT2D eigenvalue weighted by Crippen LogP contribution is 2.34. The third-order valence-corrected chi connectivity index (χ3v) is 4.47. The second-order valence-electron chi connectivity index (χ2n) is 3.74. The van der Waals surface area contributed by atoms with Gasteiger partial charge in [0, 0.05) is 11.3 Å². The maximum absolute atomic E-state index is 2.57.